The third-order valence-electron chi connectivity index (χ3n) is 3.27. The summed E-state index contributed by atoms with van der Waals surface area (Å²) in [5.41, 5.74) is 2.70. The summed E-state index contributed by atoms with van der Waals surface area (Å²) in [6.07, 6.45) is 0. The molecule has 0 bridgehead atoms. The molecule has 0 aliphatic carbocycles. The fourth-order valence-corrected chi connectivity index (χ4v) is 3.05. The zero-order valence-corrected chi connectivity index (χ0v) is 14.2. The minimum absolute atomic E-state index is 0.696. The summed E-state index contributed by atoms with van der Waals surface area (Å²) in [5, 5.41) is 6.74. The first-order valence-electron chi connectivity index (χ1n) is 6.90. The molecular weight excluding hydrogens is 332 g/mol. The number of hydrogen-bond acceptors (Lipinski definition) is 5. The highest BCUT2D eigenvalue weighted by atomic mass is 35.5. The average Bonchev–Trinajstić information content (AvgIpc) is 3.04. The third-order valence-corrected chi connectivity index (χ3v) is 4.27. The number of hydrogen-bond donors (Lipinski definition) is 1. The maximum atomic E-state index is 6.03. The summed E-state index contributed by atoms with van der Waals surface area (Å²) < 4.78 is 10.6. The van der Waals surface area contributed by atoms with Gasteiger partial charge in [-0.2, -0.15) is 0 Å². The molecule has 0 aliphatic rings. The van der Waals surface area contributed by atoms with E-state index in [2.05, 4.69) is 10.3 Å². The number of ether oxygens (including phenoxy) is 2. The van der Waals surface area contributed by atoms with Crippen molar-refractivity contribution in [2.75, 3.05) is 19.5 Å². The number of nitrogens with one attached hydrogen (secondary N) is 1. The van der Waals surface area contributed by atoms with Crippen LogP contribution < -0.4 is 14.8 Å². The van der Waals surface area contributed by atoms with E-state index in [0.717, 1.165) is 27.8 Å². The SMILES string of the molecule is COc1ccc(Nc2nc(-c3cccc(Cl)c3)cs2)c(OC)c1. The maximum Gasteiger partial charge on any atom is 0.187 e. The van der Waals surface area contributed by atoms with Gasteiger partial charge in [-0.1, -0.05) is 23.7 Å². The predicted molar refractivity (Wildman–Crippen MR) is 95.4 cm³/mol. The van der Waals surface area contributed by atoms with Gasteiger partial charge in [0.05, 0.1) is 25.6 Å². The van der Waals surface area contributed by atoms with E-state index in [1.54, 1.807) is 14.2 Å². The molecule has 0 saturated heterocycles. The number of anilines is 2. The van der Waals surface area contributed by atoms with Crippen molar-refractivity contribution in [3.8, 4) is 22.8 Å². The lowest BCUT2D eigenvalue weighted by Crippen LogP contribution is -1.95. The fraction of sp³-hybridized carbons (Fsp3) is 0.118. The van der Waals surface area contributed by atoms with Crippen LogP contribution in [0.4, 0.5) is 10.8 Å². The van der Waals surface area contributed by atoms with Gasteiger partial charge in [0.15, 0.2) is 5.13 Å². The topological polar surface area (TPSA) is 43.4 Å². The minimum Gasteiger partial charge on any atom is -0.497 e. The minimum atomic E-state index is 0.696. The largest absolute Gasteiger partial charge is 0.497 e. The fourth-order valence-electron chi connectivity index (χ4n) is 2.13. The van der Waals surface area contributed by atoms with Gasteiger partial charge in [0.2, 0.25) is 0 Å². The van der Waals surface area contributed by atoms with E-state index in [9.17, 15) is 0 Å². The van der Waals surface area contributed by atoms with Crippen LogP contribution in [0, 0.1) is 0 Å². The summed E-state index contributed by atoms with van der Waals surface area (Å²) >= 11 is 7.55. The summed E-state index contributed by atoms with van der Waals surface area (Å²) in [7, 11) is 3.25. The highest BCUT2D eigenvalue weighted by Gasteiger charge is 2.09. The summed E-state index contributed by atoms with van der Waals surface area (Å²) in [4.78, 5) is 4.60. The lowest BCUT2D eigenvalue weighted by molar-refractivity contribution is 0.395. The van der Waals surface area contributed by atoms with Crippen LogP contribution in [-0.4, -0.2) is 19.2 Å². The Hall–Kier alpha value is -2.24. The van der Waals surface area contributed by atoms with Gasteiger partial charge in [-0.25, -0.2) is 4.98 Å². The van der Waals surface area contributed by atoms with E-state index in [4.69, 9.17) is 21.1 Å². The van der Waals surface area contributed by atoms with Crippen molar-refractivity contribution in [2.24, 2.45) is 0 Å². The zero-order valence-electron chi connectivity index (χ0n) is 12.7. The molecule has 0 fully saturated rings. The van der Waals surface area contributed by atoms with Crippen molar-refractivity contribution in [3.05, 3.63) is 52.9 Å². The molecule has 1 heterocycles. The molecule has 0 amide bonds. The molecule has 3 rings (SSSR count). The number of rotatable bonds is 5. The second kappa shape index (κ2) is 6.89. The van der Waals surface area contributed by atoms with Gasteiger partial charge in [0.25, 0.3) is 0 Å². The van der Waals surface area contributed by atoms with Crippen LogP contribution >= 0.6 is 22.9 Å². The highest BCUT2D eigenvalue weighted by Crippen LogP contribution is 2.34. The zero-order chi connectivity index (χ0) is 16.2. The van der Waals surface area contributed by atoms with Crippen LogP contribution in [0.1, 0.15) is 0 Å². The van der Waals surface area contributed by atoms with Crippen molar-refractivity contribution in [2.45, 2.75) is 0 Å². The van der Waals surface area contributed by atoms with Crippen molar-refractivity contribution in [3.63, 3.8) is 0 Å². The third kappa shape index (κ3) is 3.57. The molecule has 6 heteroatoms. The van der Waals surface area contributed by atoms with E-state index in [0.29, 0.717) is 10.8 Å². The molecule has 0 saturated carbocycles. The van der Waals surface area contributed by atoms with E-state index in [1.807, 2.05) is 47.8 Å². The van der Waals surface area contributed by atoms with Crippen LogP contribution in [0.2, 0.25) is 5.02 Å². The number of halogens is 1. The number of methoxy groups -OCH3 is 2. The monoisotopic (exact) mass is 346 g/mol. The van der Waals surface area contributed by atoms with Gasteiger partial charge in [-0.15, -0.1) is 11.3 Å². The summed E-state index contributed by atoms with van der Waals surface area (Å²) in [6, 6.07) is 13.2. The molecule has 0 unspecified atom stereocenters. The normalized spacial score (nSPS) is 10.4. The molecule has 3 aromatic rings. The van der Waals surface area contributed by atoms with Crippen LogP contribution in [-0.2, 0) is 0 Å². The molecule has 0 radical (unpaired) electrons. The van der Waals surface area contributed by atoms with Gasteiger partial charge in [-0.05, 0) is 24.3 Å². The number of aromatic nitrogens is 1. The second-order valence-electron chi connectivity index (χ2n) is 4.74. The number of thiazole rings is 1. The number of benzene rings is 2. The molecule has 1 aromatic heterocycles. The van der Waals surface area contributed by atoms with Gasteiger partial charge in [-0.3, -0.25) is 0 Å². The molecule has 2 aromatic carbocycles. The molecule has 0 spiro atoms. The van der Waals surface area contributed by atoms with Crippen molar-refractivity contribution >= 4 is 33.8 Å². The first-order valence-corrected chi connectivity index (χ1v) is 8.16. The van der Waals surface area contributed by atoms with Gasteiger partial charge >= 0.3 is 0 Å². The first-order chi connectivity index (χ1) is 11.2. The Morgan fingerprint density at radius 1 is 1.09 bits per heavy atom. The molecule has 0 atom stereocenters. The van der Waals surface area contributed by atoms with Crippen molar-refractivity contribution in [1.82, 2.24) is 4.98 Å². The van der Waals surface area contributed by atoms with Crippen LogP contribution in [0.25, 0.3) is 11.3 Å². The average molecular weight is 347 g/mol. The predicted octanol–water partition coefficient (Wildman–Crippen LogP) is 5.22. The van der Waals surface area contributed by atoms with Crippen LogP contribution in [0.15, 0.2) is 47.8 Å². The molecular formula is C17H15ClN2O2S. The second-order valence-corrected chi connectivity index (χ2v) is 6.03. The molecule has 23 heavy (non-hydrogen) atoms. The summed E-state index contributed by atoms with van der Waals surface area (Å²) in [5.74, 6) is 1.44. The molecule has 4 nitrogen and oxygen atoms in total. The quantitative estimate of drug-likeness (QED) is 0.687. The van der Waals surface area contributed by atoms with Crippen LogP contribution in [0.5, 0.6) is 11.5 Å². The van der Waals surface area contributed by atoms with Crippen molar-refractivity contribution < 1.29 is 9.47 Å². The lowest BCUT2D eigenvalue weighted by atomic mass is 10.2. The first kappa shape index (κ1) is 15.6. The lowest BCUT2D eigenvalue weighted by Gasteiger charge is -2.10. The summed E-state index contributed by atoms with van der Waals surface area (Å²) in [6.45, 7) is 0. The Balaban J connectivity index is 1.84. The molecule has 0 aliphatic heterocycles. The Kier molecular flexibility index (Phi) is 4.69. The number of nitrogens with zero attached hydrogens (tertiary/aromatic N) is 1. The Morgan fingerprint density at radius 2 is 1.96 bits per heavy atom. The van der Waals surface area contributed by atoms with E-state index in [1.165, 1.54) is 11.3 Å². The van der Waals surface area contributed by atoms with Gasteiger partial charge in [0.1, 0.15) is 11.5 Å². The van der Waals surface area contributed by atoms with Crippen LogP contribution in [0.3, 0.4) is 0 Å². The standard InChI is InChI=1S/C17H15ClN2O2S/c1-21-13-6-7-14(16(9-13)22-2)19-17-20-15(10-23-17)11-4-3-5-12(18)8-11/h3-10H,1-2H3,(H,19,20). The molecule has 118 valence electrons. The van der Waals surface area contributed by atoms with E-state index < -0.39 is 0 Å². The Labute approximate surface area is 143 Å². The van der Waals surface area contributed by atoms with E-state index >= 15 is 0 Å². The van der Waals surface area contributed by atoms with Gasteiger partial charge < -0.3 is 14.8 Å². The van der Waals surface area contributed by atoms with E-state index in [-0.39, 0.29) is 0 Å². The molecule has 1 N–H and O–H groups in total. The maximum absolute atomic E-state index is 6.03. The van der Waals surface area contributed by atoms with Crippen molar-refractivity contribution in [1.29, 1.82) is 0 Å². The van der Waals surface area contributed by atoms with Gasteiger partial charge in [0, 0.05) is 22.0 Å². The Morgan fingerprint density at radius 3 is 2.70 bits per heavy atom. The smallest absolute Gasteiger partial charge is 0.187 e. The Bertz CT molecular complexity index is 820. The highest BCUT2D eigenvalue weighted by molar-refractivity contribution is 7.14.